The Labute approximate surface area is 61.2 Å². The summed E-state index contributed by atoms with van der Waals surface area (Å²) in [7, 11) is 1.80. The first-order valence-corrected chi connectivity index (χ1v) is 3.91. The van der Waals surface area contributed by atoms with Gasteiger partial charge in [0.15, 0.2) is 0 Å². The van der Waals surface area contributed by atoms with Gasteiger partial charge in [0.1, 0.15) is 12.1 Å². The monoisotopic (exact) mass is 141 g/mol. The molecule has 2 aliphatic heterocycles. The van der Waals surface area contributed by atoms with Crippen LogP contribution in [0, 0.1) is 5.21 Å². The summed E-state index contributed by atoms with van der Waals surface area (Å²) < 4.78 is -0.0104. The summed E-state index contributed by atoms with van der Waals surface area (Å²) in [5.41, 5.74) is 0. The van der Waals surface area contributed by atoms with Gasteiger partial charge in [0.05, 0.1) is 20.1 Å². The lowest BCUT2D eigenvalue weighted by atomic mass is 10.2. The Morgan fingerprint density at radius 1 is 1.30 bits per heavy atom. The molecular formula is C7H13N2O. The summed E-state index contributed by atoms with van der Waals surface area (Å²) in [6, 6.07) is 0.581. The molecule has 0 N–H and O–H groups in total. The molecule has 2 rings (SSSR count). The third-order valence-corrected chi connectivity index (χ3v) is 2.96. The quantitative estimate of drug-likeness (QED) is 0.347. The van der Waals surface area contributed by atoms with Crippen molar-refractivity contribution < 1.29 is 4.65 Å². The first-order chi connectivity index (χ1) is 4.71. The van der Waals surface area contributed by atoms with Gasteiger partial charge in [-0.05, 0) is 0 Å². The Bertz CT molecular complexity index is 129. The van der Waals surface area contributed by atoms with Crippen LogP contribution in [0.2, 0.25) is 0 Å². The summed E-state index contributed by atoms with van der Waals surface area (Å²) in [6.45, 7) is 1.60. The van der Waals surface area contributed by atoms with Crippen LogP contribution in [-0.2, 0) is 0 Å². The molecule has 3 heteroatoms. The van der Waals surface area contributed by atoms with E-state index >= 15 is 0 Å². The van der Waals surface area contributed by atoms with Crippen molar-refractivity contribution >= 4 is 0 Å². The van der Waals surface area contributed by atoms with Gasteiger partial charge in [-0.25, -0.2) is 5.32 Å². The molecule has 0 aliphatic carbocycles. The Balaban J connectivity index is 2.21. The van der Waals surface area contributed by atoms with Crippen molar-refractivity contribution in [2.75, 3.05) is 20.1 Å². The lowest BCUT2D eigenvalue weighted by Crippen LogP contribution is -2.57. The molecule has 2 atom stereocenters. The predicted molar refractivity (Wildman–Crippen MR) is 38.2 cm³/mol. The van der Waals surface area contributed by atoms with Crippen LogP contribution in [-0.4, -0.2) is 36.9 Å². The lowest BCUT2D eigenvalue weighted by molar-refractivity contribution is -0.899. The molecule has 2 fully saturated rings. The number of rotatable bonds is 0. The lowest BCUT2D eigenvalue weighted by Gasteiger charge is -2.48. The van der Waals surface area contributed by atoms with E-state index in [9.17, 15) is 5.21 Å². The van der Waals surface area contributed by atoms with Gasteiger partial charge in [-0.3, -0.25) is 0 Å². The zero-order valence-corrected chi connectivity index (χ0v) is 6.29. The number of hydroxylamine groups is 3. The van der Waals surface area contributed by atoms with E-state index in [-0.39, 0.29) is 4.65 Å². The average molecular weight is 141 g/mol. The van der Waals surface area contributed by atoms with Gasteiger partial charge in [-0.2, -0.15) is 0 Å². The third-order valence-electron chi connectivity index (χ3n) is 2.96. The summed E-state index contributed by atoms with van der Waals surface area (Å²) in [5.74, 6) is 0. The highest BCUT2D eigenvalue weighted by Gasteiger charge is 2.43. The minimum absolute atomic E-state index is 0.0104. The van der Waals surface area contributed by atoms with E-state index in [2.05, 4.69) is 5.32 Å². The third kappa shape index (κ3) is 0.713. The smallest absolute Gasteiger partial charge is 0.103 e. The minimum atomic E-state index is -0.0104. The molecule has 0 saturated carbocycles. The minimum Gasteiger partial charge on any atom is -0.633 e. The van der Waals surface area contributed by atoms with Crippen molar-refractivity contribution in [2.24, 2.45) is 0 Å². The number of piperazine rings is 1. The molecule has 3 nitrogen and oxygen atoms in total. The number of hydrogen-bond acceptors (Lipinski definition) is 1. The van der Waals surface area contributed by atoms with Gasteiger partial charge in [0.25, 0.3) is 0 Å². The maximum Gasteiger partial charge on any atom is 0.103 e. The molecule has 2 aliphatic rings. The van der Waals surface area contributed by atoms with Crippen LogP contribution in [0.25, 0.3) is 0 Å². The highest BCUT2D eigenvalue weighted by atomic mass is 16.5. The molecule has 0 aromatic carbocycles. The second-order valence-electron chi connectivity index (χ2n) is 3.53. The first-order valence-electron chi connectivity index (χ1n) is 3.91. The van der Waals surface area contributed by atoms with Crippen LogP contribution in [0.4, 0.5) is 0 Å². The van der Waals surface area contributed by atoms with Gasteiger partial charge in [-0.1, -0.05) is 0 Å². The van der Waals surface area contributed by atoms with Crippen LogP contribution in [0.5, 0.6) is 0 Å². The zero-order chi connectivity index (χ0) is 7.19. The van der Waals surface area contributed by atoms with Gasteiger partial charge >= 0.3 is 0 Å². The molecular weight excluding hydrogens is 128 g/mol. The van der Waals surface area contributed by atoms with Crippen LogP contribution >= 0.6 is 0 Å². The number of quaternary nitrogens is 1. The van der Waals surface area contributed by atoms with E-state index in [4.69, 9.17) is 0 Å². The average Bonchev–Trinajstić information content (AvgIpc) is 2.17. The van der Waals surface area contributed by atoms with Crippen molar-refractivity contribution in [1.82, 2.24) is 5.32 Å². The van der Waals surface area contributed by atoms with E-state index < -0.39 is 0 Å². The van der Waals surface area contributed by atoms with Gasteiger partial charge in [-0.15, -0.1) is 0 Å². The van der Waals surface area contributed by atoms with Crippen LogP contribution in [0.3, 0.4) is 0 Å². The standard InChI is InChI=1S/C7H13N2O/c1-9(10)6-2-3-7(9)5-8-4-6/h6-7H,2-5H2,1H3. The molecule has 0 spiro atoms. The molecule has 0 amide bonds. The second-order valence-corrected chi connectivity index (χ2v) is 3.53. The fraction of sp³-hybridized carbons (Fsp3) is 1.00. The number of hydrogen-bond donors (Lipinski definition) is 0. The molecule has 2 saturated heterocycles. The molecule has 10 heavy (non-hydrogen) atoms. The molecule has 2 unspecified atom stereocenters. The van der Waals surface area contributed by atoms with Crippen molar-refractivity contribution in [3.8, 4) is 0 Å². The number of likely N-dealkylation sites (N-methyl/N-ethyl adjacent to an activating group) is 1. The van der Waals surface area contributed by atoms with E-state index in [0.717, 1.165) is 25.9 Å². The van der Waals surface area contributed by atoms with Gasteiger partial charge < -0.3 is 9.85 Å². The second kappa shape index (κ2) is 1.94. The van der Waals surface area contributed by atoms with Crippen molar-refractivity contribution in [1.29, 1.82) is 0 Å². The summed E-state index contributed by atoms with van der Waals surface area (Å²) in [5, 5.41) is 16.0. The number of fused-ring (bicyclic) bond motifs is 2. The summed E-state index contributed by atoms with van der Waals surface area (Å²) in [4.78, 5) is 0. The van der Waals surface area contributed by atoms with Gasteiger partial charge in [0.2, 0.25) is 0 Å². The predicted octanol–water partition coefficient (Wildman–Crippen LogP) is 0.0798. The highest BCUT2D eigenvalue weighted by molar-refractivity contribution is 4.83. The normalized spacial score (nSPS) is 53.4. The zero-order valence-electron chi connectivity index (χ0n) is 6.29. The van der Waals surface area contributed by atoms with Crippen LogP contribution < -0.4 is 5.32 Å². The molecule has 1 radical (unpaired) electrons. The maximum absolute atomic E-state index is 11.7. The van der Waals surface area contributed by atoms with Crippen LogP contribution in [0.1, 0.15) is 12.8 Å². The van der Waals surface area contributed by atoms with E-state index in [1.807, 2.05) is 0 Å². The topological polar surface area (TPSA) is 37.2 Å². The molecule has 57 valence electrons. The van der Waals surface area contributed by atoms with Gasteiger partial charge in [0, 0.05) is 12.8 Å². The van der Waals surface area contributed by atoms with E-state index in [1.54, 1.807) is 7.05 Å². The summed E-state index contributed by atoms with van der Waals surface area (Å²) >= 11 is 0. The Morgan fingerprint density at radius 2 is 1.80 bits per heavy atom. The van der Waals surface area contributed by atoms with E-state index in [1.165, 1.54) is 0 Å². The molecule has 2 bridgehead atoms. The Morgan fingerprint density at radius 3 is 2.20 bits per heavy atom. The van der Waals surface area contributed by atoms with Crippen molar-refractivity contribution in [2.45, 2.75) is 24.9 Å². The summed E-state index contributed by atoms with van der Waals surface area (Å²) in [6.07, 6.45) is 2.18. The van der Waals surface area contributed by atoms with Crippen LogP contribution in [0.15, 0.2) is 0 Å². The van der Waals surface area contributed by atoms with E-state index in [0.29, 0.717) is 12.1 Å². The SMILES string of the molecule is C[N+]1([O-])C2CCC1C[N]C2. The first kappa shape index (κ1) is 6.58. The number of nitrogens with zero attached hydrogens (tertiary/aromatic N) is 2. The van der Waals surface area contributed by atoms with Crippen molar-refractivity contribution in [3.63, 3.8) is 0 Å². The molecule has 0 aromatic rings. The Hall–Kier alpha value is -0.120. The highest BCUT2D eigenvalue weighted by Crippen LogP contribution is 2.32. The molecule has 0 aromatic heterocycles. The fourth-order valence-electron chi connectivity index (χ4n) is 2.07. The van der Waals surface area contributed by atoms with Crippen molar-refractivity contribution in [3.05, 3.63) is 5.21 Å². The maximum atomic E-state index is 11.7. The molecule has 2 heterocycles. The largest absolute Gasteiger partial charge is 0.633 e. The Kier molecular flexibility index (Phi) is 1.27. The fourth-order valence-corrected chi connectivity index (χ4v) is 2.07.